The second-order valence-corrected chi connectivity index (χ2v) is 8.21. The number of nitrogens with one attached hydrogen (secondary N) is 2. The maximum atomic E-state index is 8.92. The molecule has 0 amide bonds. The number of guanidine groups is 1. The maximum Gasteiger partial charge on any atom is 0.191 e. The molecule has 1 aliphatic heterocycles. The number of aliphatic imine (C=N–C) groups is 1. The summed E-state index contributed by atoms with van der Waals surface area (Å²) in [7, 11) is 2.24. The van der Waals surface area contributed by atoms with Crippen LogP contribution >= 0.6 is 35.3 Å². The number of rotatable bonds is 6. The molecule has 7 heteroatoms. The molecule has 156 valence electrons. The largest absolute Gasteiger partial charge is 0.357 e. The van der Waals surface area contributed by atoms with Gasteiger partial charge in [0, 0.05) is 24.0 Å². The lowest BCUT2D eigenvalue weighted by molar-refractivity contribution is 0.125. The van der Waals surface area contributed by atoms with Gasteiger partial charge >= 0.3 is 0 Å². The standard InChI is InChI=1S/C22H29N5S.HI/c1-3-24-22(25-15-18-10-8-17(14-23)9-11-18)26-16-19-6-4-12-27(2)21(19)20-7-5-13-28-20;/h5,7-11,13,19,21H,3-4,6,12,15-16H2,1-2H3,(H2,24,25,26);1H. The fourth-order valence-electron chi connectivity index (χ4n) is 3.81. The van der Waals surface area contributed by atoms with Gasteiger partial charge in [-0.2, -0.15) is 5.26 Å². The van der Waals surface area contributed by atoms with E-state index in [1.807, 2.05) is 35.6 Å². The van der Waals surface area contributed by atoms with E-state index < -0.39 is 0 Å². The minimum atomic E-state index is 0. The van der Waals surface area contributed by atoms with Crippen molar-refractivity contribution in [2.45, 2.75) is 32.4 Å². The van der Waals surface area contributed by atoms with E-state index in [9.17, 15) is 0 Å². The molecule has 2 unspecified atom stereocenters. The lowest BCUT2D eigenvalue weighted by Gasteiger charge is -2.39. The Kier molecular flexibility index (Phi) is 9.91. The van der Waals surface area contributed by atoms with Gasteiger partial charge in [-0.05, 0) is 68.4 Å². The van der Waals surface area contributed by atoms with Gasteiger partial charge in [-0.15, -0.1) is 35.3 Å². The van der Waals surface area contributed by atoms with Crippen LogP contribution in [-0.2, 0) is 6.54 Å². The molecule has 0 spiro atoms. The van der Waals surface area contributed by atoms with Crippen molar-refractivity contribution in [3.05, 3.63) is 57.8 Å². The van der Waals surface area contributed by atoms with Crippen molar-refractivity contribution < 1.29 is 0 Å². The van der Waals surface area contributed by atoms with Gasteiger partial charge in [-0.3, -0.25) is 4.90 Å². The minimum Gasteiger partial charge on any atom is -0.357 e. The van der Waals surface area contributed by atoms with Crippen molar-refractivity contribution in [1.82, 2.24) is 15.5 Å². The summed E-state index contributed by atoms with van der Waals surface area (Å²) >= 11 is 1.85. The summed E-state index contributed by atoms with van der Waals surface area (Å²) in [6.45, 7) is 5.58. The van der Waals surface area contributed by atoms with Crippen molar-refractivity contribution in [2.75, 3.05) is 26.7 Å². The summed E-state index contributed by atoms with van der Waals surface area (Å²) in [6, 6.07) is 14.7. The number of hydrogen-bond donors (Lipinski definition) is 2. The number of benzene rings is 1. The van der Waals surface area contributed by atoms with E-state index in [0.29, 0.717) is 24.1 Å². The molecule has 3 rings (SSSR count). The summed E-state index contributed by atoms with van der Waals surface area (Å²) < 4.78 is 0. The van der Waals surface area contributed by atoms with E-state index in [1.54, 1.807) is 0 Å². The van der Waals surface area contributed by atoms with Crippen LogP contribution in [-0.4, -0.2) is 37.5 Å². The van der Waals surface area contributed by atoms with Crippen molar-refractivity contribution >= 4 is 41.3 Å². The normalized spacial score (nSPS) is 19.8. The van der Waals surface area contributed by atoms with Crippen LogP contribution in [0, 0.1) is 17.2 Å². The van der Waals surface area contributed by atoms with Gasteiger partial charge in [0.15, 0.2) is 5.96 Å². The summed E-state index contributed by atoms with van der Waals surface area (Å²) in [5.74, 6) is 1.42. The van der Waals surface area contributed by atoms with E-state index in [0.717, 1.165) is 31.2 Å². The highest BCUT2D eigenvalue weighted by atomic mass is 127. The molecule has 0 bridgehead atoms. The van der Waals surface area contributed by atoms with Gasteiger partial charge in [0.1, 0.15) is 0 Å². The summed E-state index contributed by atoms with van der Waals surface area (Å²) in [5.41, 5.74) is 1.78. The number of nitrogens with zero attached hydrogens (tertiary/aromatic N) is 3. The van der Waals surface area contributed by atoms with Gasteiger partial charge in [0.2, 0.25) is 0 Å². The van der Waals surface area contributed by atoms with Crippen LogP contribution in [0.25, 0.3) is 0 Å². The van der Waals surface area contributed by atoms with Gasteiger partial charge in [-0.25, -0.2) is 4.99 Å². The van der Waals surface area contributed by atoms with E-state index >= 15 is 0 Å². The molecule has 29 heavy (non-hydrogen) atoms. The molecule has 5 nitrogen and oxygen atoms in total. The van der Waals surface area contributed by atoms with Crippen LogP contribution in [0.5, 0.6) is 0 Å². The van der Waals surface area contributed by atoms with Crippen LogP contribution in [0.2, 0.25) is 0 Å². The molecule has 2 aromatic rings. The first-order valence-corrected chi connectivity index (χ1v) is 10.8. The van der Waals surface area contributed by atoms with Crippen LogP contribution in [0.4, 0.5) is 0 Å². The van der Waals surface area contributed by atoms with Gasteiger partial charge in [-0.1, -0.05) is 18.2 Å². The number of nitriles is 1. The highest BCUT2D eigenvalue weighted by Gasteiger charge is 2.31. The van der Waals surface area contributed by atoms with Gasteiger partial charge in [0.05, 0.1) is 18.2 Å². The zero-order valence-electron chi connectivity index (χ0n) is 17.1. The smallest absolute Gasteiger partial charge is 0.191 e. The Balaban J connectivity index is 0.00000300. The number of thiophene rings is 1. The van der Waals surface area contributed by atoms with Crippen LogP contribution < -0.4 is 10.6 Å². The molecule has 1 saturated heterocycles. The predicted octanol–water partition coefficient (Wildman–Crippen LogP) is 4.38. The lowest BCUT2D eigenvalue weighted by atomic mass is 9.88. The SMILES string of the molecule is CCNC(=NCc1ccc(C#N)cc1)NCC1CCCN(C)C1c1cccs1.I. The molecular formula is C22H30IN5S. The highest BCUT2D eigenvalue weighted by molar-refractivity contribution is 14.0. The van der Waals surface area contributed by atoms with E-state index in [2.05, 4.69) is 53.1 Å². The van der Waals surface area contributed by atoms with E-state index in [-0.39, 0.29) is 24.0 Å². The lowest BCUT2D eigenvalue weighted by Crippen LogP contribution is -2.44. The van der Waals surface area contributed by atoms with Crippen LogP contribution in [0.15, 0.2) is 46.8 Å². The average Bonchev–Trinajstić information content (AvgIpc) is 3.24. The third-order valence-corrected chi connectivity index (χ3v) is 6.16. The molecule has 1 fully saturated rings. The number of halogens is 1. The zero-order chi connectivity index (χ0) is 19.8. The number of likely N-dealkylation sites (tertiary alicyclic amines) is 1. The fraction of sp³-hybridized carbons (Fsp3) is 0.455. The van der Waals surface area contributed by atoms with Crippen LogP contribution in [0.3, 0.4) is 0 Å². The predicted molar refractivity (Wildman–Crippen MR) is 132 cm³/mol. The fourth-order valence-corrected chi connectivity index (χ4v) is 4.79. The molecule has 2 heterocycles. The molecular weight excluding hydrogens is 493 g/mol. The minimum absolute atomic E-state index is 0. The first kappa shape index (κ1) is 23.6. The molecule has 1 aromatic heterocycles. The molecule has 0 aliphatic carbocycles. The van der Waals surface area contributed by atoms with E-state index in [1.165, 1.54) is 17.7 Å². The number of hydrogen-bond acceptors (Lipinski definition) is 4. The average molecular weight is 523 g/mol. The Bertz CT molecular complexity index is 798. The maximum absolute atomic E-state index is 8.92. The Morgan fingerprint density at radius 3 is 2.72 bits per heavy atom. The highest BCUT2D eigenvalue weighted by Crippen LogP contribution is 2.36. The number of piperidine rings is 1. The molecule has 2 N–H and O–H groups in total. The Hall–Kier alpha value is -1.63. The Labute approximate surface area is 195 Å². The van der Waals surface area contributed by atoms with Crippen molar-refractivity contribution in [3.8, 4) is 6.07 Å². The van der Waals surface area contributed by atoms with Crippen LogP contribution in [0.1, 0.15) is 41.8 Å². The molecule has 1 aromatic carbocycles. The second-order valence-electron chi connectivity index (χ2n) is 7.23. The summed E-state index contributed by atoms with van der Waals surface area (Å²) in [6.07, 6.45) is 2.47. The first-order valence-electron chi connectivity index (χ1n) is 9.96. The Morgan fingerprint density at radius 2 is 2.07 bits per heavy atom. The second kappa shape index (κ2) is 12.2. The van der Waals surface area contributed by atoms with Crippen molar-refractivity contribution in [1.29, 1.82) is 5.26 Å². The van der Waals surface area contributed by atoms with Gasteiger partial charge < -0.3 is 10.6 Å². The van der Waals surface area contributed by atoms with Gasteiger partial charge in [0.25, 0.3) is 0 Å². The molecule has 0 saturated carbocycles. The third-order valence-electron chi connectivity index (χ3n) is 5.22. The third kappa shape index (κ3) is 6.69. The molecule has 2 atom stereocenters. The zero-order valence-corrected chi connectivity index (χ0v) is 20.2. The summed E-state index contributed by atoms with van der Waals surface area (Å²) in [4.78, 5) is 8.67. The topological polar surface area (TPSA) is 63.5 Å². The quantitative estimate of drug-likeness (QED) is 0.335. The molecule has 1 aliphatic rings. The Morgan fingerprint density at radius 1 is 1.28 bits per heavy atom. The van der Waals surface area contributed by atoms with E-state index in [4.69, 9.17) is 10.3 Å². The summed E-state index contributed by atoms with van der Waals surface area (Å²) in [5, 5.41) is 18.0. The molecule has 0 radical (unpaired) electrons. The monoisotopic (exact) mass is 523 g/mol. The van der Waals surface area contributed by atoms with Crippen molar-refractivity contribution in [3.63, 3.8) is 0 Å². The first-order chi connectivity index (χ1) is 13.7. The van der Waals surface area contributed by atoms with Crippen molar-refractivity contribution in [2.24, 2.45) is 10.9 Å².